The van der Waals surface area contributed by atoms with Crippen molar-refractivity contribution < 1.29 is 4.79 Å². The molecule has 0 radical (unpaired) electrons. The molecule has 0 saturated carbocycles. The average molecular weight is 394 g/mol. The number of carbonyl (C=O) groups is 1. The van der Waals surface area contributed by atoms with Crippen LogP contribution in [0.4, 0.5) is 0 Å². The van der Waals surface area contributed by atoms with Crippen LogP contribution < -0.4 is 5.56 Å². The summed E-state index contributed by atoms with van der Waals surface area (Å²) in [6.07, 6.45) is 2.13. The van der Waals surface area contributed by atoms with Gasteiger partial charge in [-0.2, -0.15) is 0 Å². The number of para-hydroxylation sites is 2. The van der Waals surface area contributed by atoms with Crippen molar-refractivity contribution in [1.82, 2.24) is 14.5 Å². The van der Waals surface area contributed by atoms with E-state index >= 15 is 0 Å². The van der Waals surface area contributed by atoms with E-state index in [2.05, 4.69) is 4.98 Å². The van der Waals surface area contributed by atoms with Gasteiger partial charge in [0.2, 0.25) is 5.91 Å². The maximum atomic E-state index is 13.1. The minimum absolute atomic E-state index is 0.0851. The lowest BCUT2D eigenvalue weighted by molar-refractivity contribution is -0.127. The number of hydrogen-bond donors (Lipinski definition) is 0. The lowest BCUT2D eigenvalue weighted by Gasteiger charge is -2.15. The van der Waals surface area contributed by atoms with Crippen LogP contribution in [0.15, 0.2) is 58.4 Å². The predicted octanol–water partition coefficient (Wildman–Crippen LogP) is 3.47. The number of rotatable bonds is 5. The zero-order valence-corrected chi connectivity index (χ0v) is 16.7. The van der Waals surface area contributed by atoms with Crippen LogP contribution in [-0.4, -0.2) is 39.2 Å². The number of benzene rings is 2. The molecule has 6 heteroatoms. The average Bonchev–Trinajstić information content (AvgIpc) is 3.25. The first kappa shape index (κ1) is 18.7. The van der Waals surface area contributed by atoms with Crippen LogP contribution in [0.3, 0.4) is 0 Å². The van der Waals surface area contributed by atoms with Gasteiger partial charge in [-0.3, -0.25) is 14.2 Å². The summed E-state index contributed by atoms with van der Waals surface area (Å²) >= 11 is 1.25. The van der Waals surface area contributed by atoms with Crippen molar-refractivity contribution in [3.8, 4) is 0 Å². The zero-order valence-electron chi connectivity index (χ0n) is 15.9. The Balaban J connectivity index is 1.65. The first-order valence-electron chi connectivity index (χ1n) is 9.57. The molecular formula is C22H23N3O2S. The number of carbonyl (C=O) groups excluding carboxylic acids is 1. The molecule has 0 atom stereocenters. The number of likely N-dealkylation sites (tertiary alicyclic amines) is 1. The van der Waals surface area contributed by atoms with Gasteiger partial charge in [0.1, 0.15) is 0 Å². The van der Waals surface area contributed by atoms with Gasteiger partial charge in [-0.25, -0.2) is 4.98 Å². The third kappa shape index (κ3) is 3.97. The molecule has 28 heavy (non-hydrogen) atoms. The summed E-state index contributed by atoms with van der Waals surface area (Å²) < 4.78 is 1.76. The maximum absolute atomic E-state index is 13.1. The molecule has 2 aromatic carbocycles. The fourth-order valence-corrected chi connectivity index (χ4v) is 4.32. The summed E-state index contributed by atoms with van der Waals surface area (Å²) in [6.45, 7) is 4.17. The highest BCUT2D eigenvalue weighted by molar-refractivity contribution is 7.99. The van der Waals surface area contributed by atoms with E-state index in [-0.39, 0.29) is 17.2 Å². The Bertz CT molecular complexity index is 1050. The minimum atomic E-state index is -0.140. The van der Waals surface area contributed by atoms with Gasteiger partial charge >= 0.3 is 0 Å². The van der Waals surface area contributed by atoms with Crippen molar-refractivity contribution in [3.63, 3.8) is 0 Å². The summed E-state index contributed by atoms with van der Waals surface area (Å²) in [6, 6.07) is 15.8. The van der Waals surface area contributed by atoms with E-state index in [1.165, 1.54) is 17.3 Å². The predicted molar refractivity (Wildman–Crippen MR) is 113 cm³/mol. The molecular weight excluding hydrogens is 370 g/mol. The van der Waals surface area contributed by atoms with Crippen molar-refractivity contribution in [2.75, 3.05) is 18.8 Å². The molecule has 0 unspecified atom stereocenters. The Morgan fingerprint density at radius 1 is 1.07 bits per heavy atom. The Hall–Kier alpha value is -2.60. The van der Waals surface area contributed by atoms with Gasteiger partial charge in [-0.1, -0.05) is 53.7 Å². The molecule has 2 heterocycles. The minimum Gasteiger partial charge on any atom is -0.342 e. The van der Waals surface area contributed by atoms with E-state index in [0.29, 0.717) is 11.6 Å². The number of aryl methyl sites for hydroxylation is 1. The number of thioether (sulfide) groups is 1. The van der Waals surface area contributed by atoms with Gasteiger partial charge < -0.3 is 4.90 Å². The first-order chi connectivity index (χ1) is 13.6. The molecule has 0 spiro atoms. The van der Waals surface area contributed by atoms with Crippen molar-refractivity contribution in [3.05, 3.63) is 70.0 Å². The lowest BCUT2D eigenvalue weighted by atomic mass is 10.1. The Morgan fingerprint density at radius 3 is 2.54 bits per heavy atom. The summed E-state index contributed by atoms with van der Waals surface area (Å²) in [7, 11) is 0. The molecule has 1 fully saturated rings. The van der Waals surface area contributed by atoms with Crippen molar-refractivity contribution in [2.45, 2.75) is 31.3 Å². The smallest absolute Gasteiger partial charge is 0.283 e. The number of amides is 1. The lowest BCUT2D eigenvalue weighted by Crippen LogP contribution is -2.30. The Labute approximate surface area is 168 Å². The second kappa shape index (κ2) is 8.19. The monoisotopic (exact) mass is 393 g/mol. The van der Waals surface area contributed by atoms with Gasteiger partial charge in [0, 0.05) is 13.1 Å². The number of nitrogens with zero attached hydrogens (tertiary/aromatic N) is 3. The number of hydrogen-bond acceptors (Lipinski definition) is 4. The first-order valence-corrected chi connectivity index (χ1v) is 10.6. The van der Waals surface area contributed by atoms with Crippen LogP contribution in [0.2, 0.25) is 0 Å². The normalized spacial score (nSPS) is 14.0. The molecule has 5 nitrogen and oxygen atoms in total. The second-order valence-corrected chi connectivity index (χ2v) is 8.12. The summed E-state index contributed by atoms with van der Waals surface area (Å²) in [5.41, 5.74) is 3.69. The standard InChI is InChI=1S/C22H23N3O2S/c1-16-8-10-17(11-9-16)14-25-19-7-3-2-6-18(19)23-21(22(25)27)28-15-20(26)24-12-4-5-13-24/h2-3,6-11H,4-5,12-15H2,1H3. The van der Waals surface area contributed by atoms with Crippen molar-refractivity contribution in [2.24, 2.45) is 0 Å². The van der Waals surface area contributed by atoms with Crippen LogP contribution in [-0.2, 0) is 11.3 Å². The SMILES string of the molecule is Cc1ccc(Cn2c(=O)c(SCC(=O)N3CCCC3)nc3ccccc32)cc1. The van der Waals surface area contributed by atoms with E-state index in [1.807, 2.05) is 60.4 Å². The quantitative estimate of drug-likeness (QED) is 0.623. The Morgan fingerprint density at radius 2 is 1.79 bits per heavy atom. The molecule has 1 saturated heterocycles. The van der Waals surface area contributed by atoms with Crippen LogP contribution >= 0.6 is 11.8 Å². The summed E-state index contributed by atoms with van der Waals surface area (Å²) in [4.78, 5) is 31.9. The highest BCUT2D eigenvalue weighted by atomic mass is 32.2. The number of aromatic nitrogens is 2. The molecule has 1 aromatic heterocycles. The molecule has 144 valence electrons. The van der Waals surface area contributed by atoms with E-state index in [4.69, 9.17) is 0 Å². The summed E-state index contributed by atoms with van der Waals surface area (Å²) in [5.74, 6) is 0.340. The molecule has 3 aromatic rings. The van der Waals surface area contributed by atoms with Gasteiger partial charge in [0.05, 0.1) is 23.3 Å². The third-order valence-corrected chi connectivity index (χ3v) is 6.01. The van der Waals surface area contributed by atoms with Gasteiger partial charge in [-0.05, 0) is 37.5 Å². The van der Waals surface area contributed by atoms with Gasteiger partial charge in [0.15, 0.2) is 5.03 Å². The van der Waals surface area contributed by atoms with E-state index in [1.54, 1.807) is 4.57 Å². The fourth-order valence-electron chi connectivity index (χ4n) is 3.48. The highest BCUT2D eigenvalue weighted by Crippen LogP contribution is 2.19. The molecule has 1 aliphatic rings. The third-order valence-electron chi connectivity index (χ3n) is 5.08. The van der Waals surface area contributed by atoms with Gasteiger partial charge in [-0.15, -0.1) is 0 Å². The topological polar surface area (TPSA) is 55.2 Å². The fraction of sp³-hybridized carbons (Fsp3) is 0.318. The van der Waals surface area contributed by atoms with Crippen LogP contribution in [0.5, 0.6) is 0 Å². The summed E-state index contributed by atoms with van der Waals surface area (Å²) in [5, 5.41) is 0.387. The van der Waals surface area contributed by atoms with Crippen LogP contribution in [0.1, 0.15) is 24.0 Å². The molecule has 0 aliphatic carbocycles. The van der Waals surface area contributed by atoms with Gasteiger partial charge in [0.25, 0.3) is 5.56 Å². The van der Waals surface area contributed by atoms with E-state index < -0.39 is 0 Å². The van der Waals surface area contributed by atoms with E-state index in [9.17, 15) is 9.59 Å². The molecule has 1 amide bonds. The second-order valence-electron chi connectivity index (χ2n) is 7.16. The maximum Gasteiger partial charge on any atom is 0.283 e. The molecule has 0 bridgehead atoms. The molecule has 1 aliphatic heterocycles. The van der Waals surface area contributed by atoms with Crippen LogP contribution in [0.25, 0.3) is 11.0 Å². The zero-order chi connectivity index (χ0) is 19.5. The van der Waals surface area contributed by atoms with Crippen molar-refractivity contribution in [1.29, 1.82) is 0 Å². The number of fused-ring (bicyclic) bond motifs is 1. The van der Waals surface area contributed by atoms with Crippen molar-refractivity contribution >= 4 is 28.7 Å². The Kier molecular flexibility index (Phi) is 5.48. The largest absolute Gasteiger partial charge is 0.342 e. The molecule has 0 N–H and O–H groups in total. The van der Waals surface area contributed by atoms with E-state index in [0.717, 1.165) is 42.5 Å². The van der Waals surface area contributed by atoms with Crippen LogP contribution in [0, 0.1) is 6.92 Å². The highest BCUT2D eigenvalue weighted by Gasteiger charge is 2.19. The molecule has 4 rings (SSSR count).